The molecular weight excluding hydrogens is 252 g/mol. The van der Waals surface area contributed by atoms with Crippen LogP contribution < -0.4 is 0 Å². The van der Waals surface area contributed by atoms with Gasteiger partial charge in [0.15, 0.2) is 11.6 Å². The molecule has 2 rings (SSSR count). The molecule has 0 spiro atoms. The third-order valence-corrected chi connectivity index (χ3v) is 5.24. The van der Waals surface area contributed by atoms with Gasteiger partial charge in [0.1, 0.15) is 0 Å². The van der Waals surface area contributed by atoms with Crippen LogP contribution in [0.2, 0.25) is 19.6 Å². The number of hydrogen-bond donors (Lipinski definition) is 0. The summed E-state index contributed by atoms with van der Waals surface area (Å²) < 4.78 is 0. The molecule has 0 saturated carbocycles. The van der Waals surface area contributed by atoms with Crippen molar-refractivity contribution in [3.63, 3.8) is 0 Å². The van der Waals surface area contributed by atoms with Crippen molar-refractivity contribution in [2.45, 2.75) is 26.6 Å². The van der Waals surface area contributed by atoms with Crippen LogP contribution in [0.4, 0.5) is 0 Å². The second-order valence-corrected chi connectivity index (χ2v) is 10.9. The summed E-state index contributed by atoms with van der Waals surface area (Å²) in [4.78, 5) is 24.8. The summed E-state index contributed by atoms with van der Waals surface area (Å²) in [7, 11) is -1.87. The van der Waals surface area contributed by atoms with E-state index in [0.717, 1.165) is 10.8 Å². The van der Waals surface area contributed by atoms with Crippen LogP contribution in [0, 0.1) is 0 Å². The second kappa shape index (κ2) is 4.74. The Hall–Kier alpha value is -1.74. The predicted molar refractivity (Wildman–Crippen MR) is 80.5 cm³/mol. The molecule has 0 amide bonds. The Bertz CT molecular complexity index is 601. The average Bonchev–Trinajstić information content (AvgIpc) is 2.33. The Kier molecular flexibility index (Phi) is 3.41. The lowest BCUT2D eigenvalue weighted by atomic mass is 9.91. The van der Waals surface area contributed by atoms with Crippen LogP contribution in [0.15, 0.2) is 47.2 Å². The highest BCUT2D eigenvalue weighted by molar-refractivity contribution is 6.90. The molecule has 0 unspecified atom stereocenters. The largest absolute Gasteiger partial charge is 0.290 e. The van der Waals surface area contributed by atoms with Gasteiger partial charge in [-0.25, -0.2) is 0 Å². The molecule has 1 aliphatic carbocycles. The number of rotatable bonds is 2. The third-order valence-electron chi connectivity index (χ3n) is 3.24. The van der Waals surface area contributed by atoms with Crippen LogP contribution in [-0.4, -0.2) is 19.6 Å². The number of carbonyl (C=O) groups excluding carboxylic acids is 2. The molecule has 0 fully saturated rings. The topological polar surface area (TPSA) is 34.1 Å². The van der Waals surface area contributed by atoms with Crippen molar-refractivity contribution in [3.8, 4) is 0 Å². The normalized spacial score (nSPS) is 16.7. The maximum atomic E-state index is 12.5. The van der Waals surface area contributed by atoms with E-state index in [1.165, 1.54) is 6.08 Å². The van der Waals surface area contributed by atoms with Crippen molar-refractivity contribution < 1.29 is 9.59 Å². The lowest BCUT2D eigenvalue weighted by Gasteiger charge is -2.26. The average molecular weight is 270 g/mol. The molecule has 0 saturated heterocycles. The maximum absolute atomic E-state index is 12.5. The zero-order valence-electron chi connectivity index (χ0n) is 11.8. The predicted octanol–water partition coefficient (Wildman–Crippen LogP) is 3.42. The standard InChI is InChI=1S/C16H18O2Si/c1-11-10-13(17)16(19(2,3)4)14(15(11)18)12-8-6-5-7-9-12/h5-10H,1-4H3. The minimum atomic E-state index is -1.87. The molecule has 0 N–H and O–H groups in total. The lowest BCUT2D eigenvalue weighted by molar-refractivity contribution is -0.114. The Balaban J connectivity index is 2.74. The fraction of sp³-hybridized carbons (Fsp3) is 0.250. The molecule has 2 nitrogen and oxygen atoms in total. The van der Waals surface area contributed by atoms with Gasteiger partial charge in [0.25, 0.3) is 0 Å². The summed E-state index contributed by atoms with van der Waals surface area (Å²) in [6.45, 7) is 8.02. The molecule has 3 heteroatoms. The molecule has 0 radical (unpaired) electrons. The van der Waals surface area contributed by atoms with Crippen LogP contribution >= 0.6 is 0 Å². The zero-order chi connectivity index (χ0) is 14.2. The molecule has 1 aromatic carbocycles. The number of carbonyl (C=O) groups is 2. The van der Waals surface area contributed by atoms with Gasteiger partial charge in [0, 0.05) is 11.1 Å². The molecule has 98 valence electrons. The second-order valence-electron chi connectivity index (χ2n) is 5.89. The first-order chi connectivity index (χ1) is 8.82. The number of benzene rings is 1. The van der Waals surface area contributed by atoms with Gasteiger partial charge in [-0.1, -0.05) is 50.0 Å². The Morgan fingerprint density at radius 2 is 1.53 bits per heavy atom. The van der Waals surface area contributed by atoms with E-state index in [0.29, 0.717) is 11.1 Å². The summed E-state index contributed by atoms with van der Waals surface area (Å²) in [5.74, 6) is -0.00153. The summed E-state index contributed by atoms with van der Waals surface area (Å²) in [6.07, 6.45) is 1.49. The SMILES string of the molecule is CC1=CC(=O)C([Si](C)(C)C)=C(c2ccccc2)C1=O. The van der Waals surface area contributed by atoms with Crippen molar-refractivity contribution in [2.75, 3.05) is 0 Å². The van der Waals surface area contributed by atoms with Gasteiger partial charge in [-0.05, 0) is 23.8 Å². The first-order valence-corrected chi connectivity index (χ1v) is 9.90. The van der Waals surface area contributed by atoms with Gasteiger partial charge >= 0.3 is 0 Å². The number of ketones is 2. The van der Waals surface area contributed by atoms with E-state index in [1.54, 1.807) is 6.92 Å². The van der Waals surface area contributed by atoms with Crippen molar-refractivity contribution in [3.05, 3.63) is 52.7 Å². The summed E-state index contributed by atoms with van der Waals surface area (Å²) in [6, 6.07) is 9.51. The van der Waals surface area contributed by atoms with Gasteiger partial charge in [-0.3, -0.25) is 9.59 Å². The fourth-order valence-electron chi connectivity index (χ4n) is 2.39. The highest BCUT2D eigenvalue weighted by Gasteiger charge is 2.34. The quantitative estimate of drug-likeness (QED) is 0.609. The molecule has 0 atom stereocenters. The highest BCUT2D eigenvalue weighted by Crippen LogP contribution is 2.32. The smallest absolute Gasteiger partial charge is 0.189 e. The molecule has 19 heavy (non-hydrogen) atoms. The Morgan fingerprint density at radius 3 is 2.05 bits per heavy atom. The van der Waals surface area contributed by atoms with E-state index >= 15 is 0 Å². The zero-order valence-corrected chi connectivity index (χ0v) is 12.8. The van der Waals surface area contributed by atoms with Crippen LogP contribution in [0.5, 0.6) is 0 Å². The minimum absolute atomic E-state index is 0.00937. The van der Waals surface area contributed by atoms with Gasteiger partial charge in [-0.2, -0.15) is 0 Å². The van der Waals surface area contributed by atoms with E-state index in [1.807, 2.05) is 30.3 Å². The van der Waals surface area contributed by atoms with E-state index in [-0.39, 0.29) is 11.6 Å². The number of Topliss-reactive ketones (excluding diaryl/α,β-unsaturated/α-hetero) is 1. The van der Waals surface area contributed by atoms with Crippen LogP contribution in [-0.2, 0) is 9.59 Å². The van der Waals surface area contributed by atoms with Crippen LogP contribution in [0.25, 0.3) is 5.57 Å². The first kappa shape index (κ1) is 13.7. The summed E-state index contributed by atoms with van der Waals surface area (Å²) >= 11 is 0. The molecule has 0 bridgehead atoms. The Morgan fingerprint density at radius 1 is 0.947 bits per heavy atom. The van der Waals surface area contributed by atoms with Crippen molar-refractivity contribution >= 4 is 25.2 Å². The Labute approximate surface area is 114 Å². The molecule has 0 heterocycles. The van der Waals surface area contributed by atoms with Crippen molar-refractivity contribution in [2.24, 2.45) is 0 Å². The molecule has 0 aliphatic heterocycles. The van der Waals surface area contributed by atoms with E-state index in [2.05, 4.69) is 19.6 Å². The summed E-state index contributed by atoms with van der Waals surface area (Å²) in [5, 5.41) is 0.745. The monoisotopic (exact) mass is 270 g/mol. The van der Waals surface area contributed by atoms with Crippen molar-refractivity contribution in [1.29, 1.82) is 0 Å². The lowest BCUT2D eigenvalue weighted by Crippen LogP contribution is -2.34. The van der Waals surface area contributed by atoms with E-state index < -0.39 is 8.07 Å². The van der Waals surface area contributed by atoms with Gasteiger partial charge in [-0.15, -0.1) is 0 Å². The summed E-state index contributed by atoms with van der Waals surface area (Å²) in [5.41, 5.74) is 2.00. The number of allylic oxidation sites excluding steroid dienone is 4. The first-order valence-electron chi connectivity index (χ1n) is 6.40. The van der Waals surface area contributed by atoms with E-state index in [9.17, 15) is 9.59 Å². The molecule has 1 aromatic rings. The molecule has 0 aromatic heterocycles. The number of hydrogen-bond acceptors (Lipinski definition) is 2. The highest BCUT2D eigenvalue weighted by atomic mass is 28.3. The maximum Gasteiger partial charge on any atom is 0.189 e. The van der Waals surface area contributed by atoms with Crippen LogP contribution in [0.3, 0.4) is 0 Å². The molecule has 1 aliphatic rings. The molecular formula is C16H18O2Si. The minimum Gasteiger partial charge on any atom is -0.290 e. The van der Waals surface area contributed by atoms with Gasteiger partial charge in [0.05, 0.1) is 8.07 Å². The van der Waals surface area contributed by atoms with Crippen LogP contribution in [0.1, 0.15) is 12.5 Å². The van der Waals surface area contributed by atoms with Gasteiger partial charge < -0.3 is 0 Å². The van der Waals surface area contributed by atoms with Gasteiger partial charge in [0.2, 0.25) is 0 Å². The third kappa shape index (κ3) is 2.51. The van der Waals surface area contributed by atoms with E-state index in [4.69, 9.17) is 0 Å². The fourth-order valence-corrected chi connectivity index (χ4v) is 4.21. The van der Waals surface area contributed by atoms with Crippen molar-refractivity contribution in [1.82, 2.24) is 0 Å².